The largest absolute Gasteiger partial charge is 0.339 e. The molecule has 2 aliphatic rings. The van der Waals surface area contributed by atoms with Crippen molar-refractivity contribution in [2.45, 2.75) is 39.2 Å². The van der Waals surface area contributed by atoms with Crippen LogP contribution in [0.3, 0.4) is 0 Å². The van der Waals surface area contributed by atoms with Crippen molar-refractivity contribution in [2.75, 3.05) is 26.2 Å². The van der Waals surface area contributed by atoms with Gasteiger partial charge in [0, 0.05) is 32.6 Å². The minimum atomic E-state index is -0.861. The number of aryl methyl sites for hydroxylation is 1. The number of piperazine rings is 1. The molecule has 7 heteroatoms. The second kappa shape index (κ2) is 10.2. The Morgan fingerprint density at radius 2 is 1.32 bits per heavy atom. The van der Waals surface area contributed by atoms with Crippen LogP contribution in [0.2, 0.25) is 0 Å². The Kier molecular flexibility index (Phi) is 7.10. The monoisotopic (exact) mass is 461 g/mol. The molecule has 2 aromatic carbocycles. The van der Waals surface area contributed by atoms with Crippen LogP contribution >= 0.6 is 0 Å². The Balaban J connectivity index is 1.34. The van der Waals surface area contributed by atoms with Crippen molar-refractivity contribution in [3.05, 3.63) is 71.3 Å². The number of carbonyl (C=O) groups is 4. The first kappa shape index (κ1) is 23.7. The summed E-state index contributed by atoms with van der Waals surface area (Å²) in [6.07, 6.45) is 2.13. The smallest absolute Gasteiger partial charge is 0.262 e. The molecule has 2 heterocycles. The van der Waals surface area contributed by atoms with Crippen molar-refractivity contribution in [1.82, 2.24) is 14.7 Å². The van der Waals surface area contributed by atoms with Gasteiger partial charge < -0.3 is 9.80 Å². The number of benzene rings is 2. The fourth-order valence-electron chi connectivity index (χ4n) is 4.76. The van der Waals surface area contributed by atoms with Crippen LogP contribution in [-0.2, 0) is 16.0 Å². The van der Waals surface area contributed by atoms with Crippen LogP contribution < -0.4 is 0 Å². The highest BCUT2D eigenvalue weighted by molar-refractivity contribution is 6.22. The summed E-state index contributed by atoms with van der Waals surface area (Å²) in [4.78, 5) is 56.6. The van der Waals surface area contributed by atoms with Gasteiger partial charge in [0.25, 0.3) is 11.8 Å². The maximum atomic E-state index is 13.5. The first-order valence-electron chi connectivity index (χ1n) is 12.0. The SMILES string of the molecule is CC(C)C(C(=O)N1CCN(C(=O)CCCc2ccccc2)CC1)N1C(=O)c2ccccc2C1=O. The molecule has 34 heavy (non-hydrogen) atoms. The highest BCUT2D eigenvalue weighted by atomic mass is 16.2. The second-order valence-corrected chi connectivity index (χ2v) is 9.26. The molecule has 0 spiro atoms. The maximum Gasteiger partial charge on any atom is 0.262 e. The lowest BCUT2D eigenvalue weighted by atomic mass is 10.0. The molecular formula is C27H31N3O4. The first-order chi connectivity index (χ1) is 16.4. The molecule has 0 radical (unpaired) electrons. The standard InChI is InChI=1S/C27H31N3O4/c1-19(2)24(30-25(32)21-12-6-7-13-22(21)26(30)33)27(34)29-17-15-28(16-18-29)23(31)14-8-11-20-9-4-3-5-10-20/h3-7,9-10,12-13,19,24H,8,11,14-18H2,1-2H3. The molecule has 0 N–H and O–H groups in total. The van der Waals surface area contributed by atoms with Gasteiger partial charge in [-0.05, 0) is 36.5 Å². The highest BCUT2D eigenvalue weighted by Crippen LogP contribution is 2.28. The number of imide groups is 1. The van der Waals surface area contributed by atoms with Crippen LogP contribution in [0.15, 0.2) is 54.6 Å². The van der Waals surface area contributed by atoms with Gasteiger partial charge >= 0.3 is 0 Å². The summed E-state index contributed by atoms with van der Waals surface area (Å²) in [5.74, 6) is -1.20. The molecule has 4 amide bonds. The zero-order valence-electron chi connectivity index (χ0n) is 19.8. The zero-order valence-corrected chi connectivity index (χ0v) is 19.8. The van der Waals surface area contributed by atoms with E-state index in [2.05, 4.69) is 12.1 Å². The lowest BCUT2D eigenvalue weighted by Crippen LogP contribution is -2.58. The van der Waals surface area contributed by atoms with Crippen LogP contribution in [0.4, 0.5) is 0 Å². The van der Waals surface area contributed by atoms with Crippen LogP contribution in [0, 0.1) is 5.92 Å². The Bertz CT molecular complexity index is 1040. The predicted octanol–water partition coefficient (Wildman–Crippen LogP) is 3.00. The van der Waals surface area contributed by atoms with E-state index in [1.807, 2.05) is 32.0 Å². The van der Waals surface area contributed by atoms with Crippen molar-refractivity contribution in [3.63, 3.8) is 0 Å². The van der Waals surface area contributed by atoms with Gasteiger partial charge in [-0.1, -0.05) is 56.3 Å². The molecule has 7 nitrogen and oxygen atoms in total. The maximum absolute atomic E-state index is 13.5. The number of fused-ring (bicyclic) bond motifs is 1. The van der Waals surface area contributed by atoms with Crippen molar-refractivity contribution in [1.29, 1.82) is 0 Å². The molecule has 4 rings (SSSR count). The van der Waals surface area contributed by atoms with E-state index >= 15 is 0 Å². The summed E-state index contributed by atoms with van der Waals surface area (Å²) >= 11 is 0. The summed E-state index contributed by atoms with van der Waals surface area (Å²) in [5, 5.41) is 0. The number of carbonyl (C=O) groups excluding carboxylic acids is 4. The molecule has 1 saturated heterocycles. The lowest BCUT2D eigenvalue weighted by Gasteiger charge is -2.39. The van der Waals surface area contributed by atoms with E-state index in [1.54, 1.807) is 34.1 Å². The molecule has 0 aromatic heterocycles. The fourth-order valence-corrected chi connectivity index (χ4v) is 4.76. The quantitative estimate of drug-likeness (QED) is 0.594. The van der Waals surface area contributed by atoms with Crippen LogP contribution in [0.1, 0.15) is 53.0 Å². The minimum Gasteiger partial charge on any atom is -0.339 e. The molecule has 1 unspecified atom stereocenters. The third-order valence-corrected chi connectivity index (χ3v) is 6.63. The molecule has 0 bridgehead atoms. The molecule has 178 valence electrons. The van der Waals surface area contributed by atoms with Gasteiger partial charge in [0.1, 0.15) is 6.04 Å². The number of rotatable bonds is 7. The van der Waals surface area contributed by atoms with Gasteiger partial charge in [-0.25, -0.2) is 0 Å². The van der Waals surface area contributed by atoms with Crippen LogP contribution in [-0.4, -0.2) is 70.5 Å². The number of hydrogen-bond acceptors (Lipinski definition) is 4. The fraction of sp³-hybridized carbons (Fsp3) is 0.407. The average molecular weight is 462 g/mol. The first-order valence-corrected chi connectivity index (χ1v) is 12.0. The molecule has 1 fully saturated rings. The third-order valence-electron chi connectivity index (χ3n) is 6.63. The Morgan fingerprint density at radius 1 is 0.794 bits per heavy atom. The molecule has 2 aliphatic heterocycles. The Morgan fingerprint density at radius 3 is 1.88 bits per heavy atom. The number of amides is 4. The molecule has 0 saturated carbocycles. The lowest BCUT2D eigenvalue weighted by molar-refractivity contribution is -0.143. The van der Waals surface area contributed by atoms with Crippen molar-refractivity contribution >= 4 is 23.6 Å². The number of hydrogen-bond donors (Lipinski definition) is 0. The topological polar surface area (TPSA) is 78.0 Å². The van der Waals surface area contributed by atoms with Gasteiger partial charge in [-0.15, -0.1) is 0 Å². The van der Waals surface area contributed by atoms with E-state index in [-0.39, 0.29) is 17.7 Å². The van der Waals surface area contributed by atoms with Crippen molar-refractivity contribution in [2.24, 2.45) is 5.92 Å². The summed E-state index contributed by atoms with van der Waals surface area (Å²) in [7, 11) is 0. The Hall–Kier alpha value is -3.48. The summed E-state index contributed by atoms with van der Waals surface area (Å²) in [5.41, 5.74) is 1.91. The summed E-state index contributed by atoms with van der Waals surface area (Å²) in [6, 6.07) is 15.9. The normalized spacial score (nSPS) is 16.7. The van der Waals surface area contributed by atoms with Crippen molar-refractivity contribution < 1.29 is 19.2 Å². The molecule has 1 atom stereocenters. The molecule has 2 aromatic rings. The van der Waals surface area contributed by atoms with Gasteiger partial charge in [0.2, 0.25) is 11.8 Å². The summed E-state index contributed by atoms with van der Waals surface area (Å²) in [6.45, 7) is 5.41. The van der Waals surface area contributed by atoms with Gasteiger partial charge in [0.15, 0.2) is 0 Å². The van der Waals surface area contributed by atoms with Crippen LogP contribution in [0.5, 0.6) is 0 Å². The van der Waals surface area contributed by atoms with Gasteiger partial charge in [0.05, 0.1) is 11.1 Å². The highest BCUT2D eigenvalue weighted by Gasteiger charge is 2.45. The van der Waals surface area contributed by atoms with Gasteiger partial charge in [-0.3, -0.25) is 24.1 Å². The van der Waals surface area contributed by atoms with E-state index in [0.29, 0.717) is 43.7 Å². The van der Waals surface area contributed by atoms with E-state index in [4.69, 9.17) is 0 Å². The van der Waals surface area contributed by atoms with E-state index in [0.717, 1.165) is 17.7 Å². The predicted molar refractivity (Wildman–Crippen MR) is 128 cm³/mol. The average Bonchev–Trinajstić information content (AvgIpc) is 3.10. The second-order valence-electron chi connectivity index (χ2n) is 9.26. The number of nitrogens with zero attached hydrogens (tertiary/aromatic N) is 3. The van der Waals surface area contributed by atoms with Gasteiger partial charge in [-0.2, -0.15) is 0 Å². The van der Waals surface area contributed by atoms with E-state index in [1.165, 1.54) is 5.56 Å². The third kappa shape index (κ3) is 4.74. The van der Waals surface area contributed by atoms with Crippen molar-refractivity contribution in [3.8, 4) is 0 Å². The van der Waals surface area contributed by atoms with E-state index < -0.39 is 17.9 Å². The minimum absolute atomic E-state index is 0.101. The molecular weight excluding hydrogens is 430 g/mol. The Labute approximate surface area is 200 Å². The van der Waals surface area contributed by atoms with E-state index in [9.17, 15) is 19.2 Å². The zero-order chi connectivity index (χ0) is 24.2. The van der Waals surface area contributed by atoms with Crippen LogP contribution in [0.25, 0.3) is 0 Å². The molecule has 0 aliphatic carbocycles. The summed E-state index contributed by atoms with van der Waals surface area (Å²) < 4.78 is 0.